The molecule has 10 rings (SSSR count). The van der Waals surface area contributed by atoms with Crippen molar-refractivity contribution in [1.82, 2.24) is 0 Å². The normalized spacial score (nSPS) is 15.2. The second kappa shape index (κ2) is 9.68. The first-order valence-corrected chi connectivity index (χ1v) is 17.6. The summed E-state index contributed by atoms with van der Waals surface area (Å²) in [4.78, 5) is 0. The van der Waals surface area contributed by atoms with Crippen LogP contribution in [0.25, 0.3) is 76.8 Å². The minimum atomic E-state index is -0.107. The van der Waals surface area contributed by atoms with E-state index in [0.29, 0.717) is 0 Å². The summed E-state index contributed by atoms with van der Waals surface area (Å²) >= 11 is 0. The number of hydrogen-bond donors (Lipinski definition) is 0. The van der Waals surface area contributed by atoms with Crippen molar-refractivity contribution in [2.24, 2.45) is 0 Å². The summed E-state index contributed by atoms with van der Waals surface area (Å²) in [6.07, 6.45) is 2.22. The molecule has 0 amide bonds. The van der Waals surface area contributed by atoms with E-state index in [4.69, 9.17) is 0 Å². The molecule has 0 saturated heterocycles. The summed E-state index contributed by atoms with van der Waals surface area (Å²) < 4.78 is 0. The first-order valence-electron chi connectivity index (χ1n) is 17.6. The van der Waals surface area contributed by atoms with Crippen LogP contribution in [-0.4, -0.2) is 0 Å². The molecule has 0 bridgehead atoms. The highest BCUT2D eigenvalue weighted by atomic mass is 14.4. The highest BCUT2D eigenvalue weighted by molar-refractivity contribution is 6.25. The van der Waals surface area contributed by atoms with Crippen LogP contribution >= 0.6 is 0 Å². The van der Waals surface area contributed by atoms with Crippen molar-refractivity contribution in [2.75, 3.05) is 0 Å². The monoisotopic (exact) mass is 614 g/mol. The molecule has 0 saturated carbocycles. The van der Waals surface area contributed by atoms with Crippen LogP contribution < -0.4 is 0 Å². The van der Waals surface area contributed by atoms with Crippen LogP contribution in [0.4, 0.5) is 0 Å². The van der Waals surface area contributed by atoms with Crippen LogP contribution in [0, 0.1) is 0 Å². The van der Waals surface area contributed by atoms with E-state index in [-0.39, 0.29) is 10.8 Å². The van der Waals surface area contributed by atoms with E-state index in [9.17, 15) is 0 Å². The summed E-state index contributed by atoms with van der Waals surface area (Å²) in [5.41, 5.74) is 16.6. The van der Waals surface area contributed by atoms with Gasteiger partial charge in [0.1, 0.15) is 0 Å². The van der Waals surface area contributed by atoms with Gasteiger partial charge in [-0.3, -0.25) is 0 Å². The van der Waals surface area contributed by atoms with Crippen LogP contribution in [0.1, 0.15) is 62.8 Å². The zero-order valence-corrected chi connectivity index (χ0v) is 28.1. The van der Waals surface area contributed by atoms with E-state index in [1.807, 2.05) is 0 Å². The Bertz CT molecular complexity index is 2590. The molecule has 0 radical (unpaired) electrons. The lowest BCUT2D eigenvalue weighted by Gasteiger charge is -2.30. The highest BCUT2D eigenvalue weighted by Gasteiger charge is 2.41. The molecule has 0 unspecified atom stereocenters. The lowest BCUT2D eigenvalue weighted by atomic mass is 9.73. The Kier molecular flexibility index (Phi) is 5.62. The maximum absolute atomic E-state index is 2.51. The molecule has 2 aliphatic rings. The van der Waals surface area contributed by atoms with Crippen molar-refractivity contribution in [1.29, 1.82) is 0 Å². The molecule has 0 fully saturated rings. The van der Waals surface area contributed by atoms with Gasteiger partial charge in [0.15, 0.2) is 0 Å². The molecular weight excluding hydrogens is 577 g/mol. The summed E-state index contributed by atoms with van der Waals surface area (Å²) in [5, 5.41) is 8.02. The van der Waals surface area contributed by atoms with Gasteiger partial charge >= 0.3 is 0 Å². The lowest BCUT2D eigenvalue weighted by molar-refractivity contribution is 0.490. The quantitative estimate of drug-likeness (QED) is 0.173. The van der Waals surface area contributed by atoms with E-state index >= 15 is 0 Å². The third-order valence-electron chi connectivity index (χ3n) is 12.3. The van der Waals surface area contributed by atoms with Gasteiger partial charge in [0.2, 0.25) is 0 Å². The van der Waals surface area contributed by atoms with E-state index < -0.39 is 0 Å². The van der Waals surface area contributed by atoms with Gasteiger partial charge in [-0.25, -0.2) is 0 Å². The molecule has 48 heavy (non-hydrogen) atoms. The maximum atomic E-state index is 2.51. The Labute approximate surface area is 283 Å². The van der Waals surface area contributed by atoms with Crippen molar-refractivity contribution < 1.29 is 0 Å². The minimum Gasteiger partial charge on any atom is -0.0642 e. The summed E-state index contributed by atoms with van der Waals surface area (Å²) in [6.45, 7) is 9.53. The summed E-state index contributed by atoms with van der Waals surface area (Å²) in [7, 11) is 0. The zero-order valence-electron chi connectivity index (χ0n) is 28.1. The molecule has 0 aliphatic heterocycles. The van der Waals surface area contributed by atoms with Crippen LogP contribution in [0.5, 0.6) is 0 Å². The van der Waals surface area contributed by atoms with Gasteiger partial charge in [-0.15, -0.1) is 0 Å². The molecule has 0 nitrogen and oxygen atoms in total. The minimum absolute atomic E-state index is 0.0791. The van der Waals surface area contributed by atoms with Gasteiger partial charge in [-0.1, -0.05) is 143 Å². The smallest absolute Gasteiger partial charge is 0.0210 e. The van der Waals surface area contributed by atoms with E-state index in [1.54, 1.807) is 0 Å². The highest BCUT2D eigenvalue weighted by Crippen LogP contribution is 2.55. The molecule has 8 aromatic rings. The fraction of sp³-hybridized carbons (Fsp3) is 0.167. The van der Waals surface area contributed by atoms with Crippen molar-refractivity contribution >= 4 is 32.3 Å². The molecule has 0 atom stereocenters. The molecule has 230 valence electrons. The topological polar surface area (TPSA) is 0 Å². The molecule has 0 N–H and O–H groups in total. The first kappa shape index (κ1) is 27.9. The second-order valence-corrected chi connectivity index (χ2v) is 14.7. The largest absolute Gasteiger partial charge is 0.0642 e. The van der Waals surface area contributed by atoms with Crippen LogP contribution in [0.3, 0.4) is 0 Å². The van der Waals surface area contributed by atoms with Crippen LogP contribution in [0.2, 0.25) is 0 Å². The zero-order chi connectivity index (χ0) is 32.4. The second-order valence-electron chi connectivity index (χ2n) is 14.7. The predicted octanol–water partition coefficient (Wildman–Crippen LogP) is 13.3. The van der Waals surface area contributed by atoms with E-state index in [0.717, 1.165) is 12.8 Å². The standard InChI is InChI=1S/C48H38/c1-5-48(6-2)41-13-8-7-12-36(41)39-23-19-33(27-44(39)48)32-18-22-37-38-24-20-34(28-43(38)47(3,4)42(37)26-32)35-21-16-31-15-14-29-10-9-11-30-17-25-40(35)46(31)45(29)30/h7-28H,5-6H2,1-4H3. The SMILES string of the molecule is CCC1(CC)c2ccccc2-c2ccc(-c3ccc4c(c3)C(C)(C)c3cc(-c5ccc6ccc7cccc8ccc5c6c78)ccc3-4)cc21. The van der Waals surface area contributed by atoms with Crippen molar-refractivity contribution in [3.8, 4) is 44.5 Å². The fourth-order valence-corrected chi connectivity index (χ4v) is 9.72. The summed E-state index contributed by atoms with van der Waals surface area (Å²) in [5.74, 6) is 0. The predicted molar refractivity (Wildman–Crippen MR) is 205 cm³/mol. The molecular formula is C48H38. The number of benzene rings is 8. The van der Waals surface area contributed by atoms with Gasteiger partial charge < -0.3 is 0 Å². The Morgan fingerprint density at radius 3 is 1.58 bits per heavy atom. The van der Waals surface area contributed by atoms with Gasteiger partial charge in [-0.05, 0) is 130 Å². The summed E-state index contributed by atoms with van der Waals surface area (Å²) in [6, 6.07) is 51.2. The first-order chi connectivity index (χ1) is 23.4. The van der Waals surface area contributed by atoms with E-state index in [1.165, 1.54) is 99.1 Å². The van der Waals surface area contributed by atoms with E-state index in [2.05, 4.69) is 161 Å². The molecule has 0 aromatic heterocycles. The fourth-order valence-electron chi connectivity index (χ4n) is 9.72. The molecule has 8 aromatic carbocycles. The molecule has 2 aliphatic carbocycles. The Hall–Kier alpha value is -5.20. The van der Waals surface area contributed by atoms with Crippen molar-refractivity contribution in [2.45, 2.75) is 51.4 Å². The number of hydrogen-bond acceptors (Lipinski definition) is 0. The Morgan fingerprint density at radius 1 is 0.396 bits per heavy atom. The average molecular weight is 615 g/mol. The average Bonchev–Trinajstić information content (AvgIpc) is 3.54. The molecule has 0 heteroatoms. The van der Waals surface area contributed by atoms with Crippen LogP contribution in [0.15, 0.2) is 133 Å². The van der Waals surface area contributed by atoms with Crippen molar-refractivity contribution in [3.63, 3.8) is 0 Å². The van der Waals surface area contributed by atoms with Gasteiger partial charge in [0.05, 0.1) is 0 Å². The maximum Gasteiger partial charge on any atom is 0.0210 e. The van der Waals surface area contributed by atoms with Crippen molar-refractivity contribution in [3.05, 3.63) is 156 Å². The third-order valence-corrected chi connectivity index (χ3v) is 12.3. The van der Waals surface area contributed by atoms with Gasteiger partial charge in [-0.2, -0.15) is 0 Å². The Morgan fingerprint density at radius 2 is 0.896 bits per heavy atom. The van der Waals surface area contributed by atoms with Crippen LogP contribution in [-0.2, 0) is 10.8 Å². The van der Waals surface area contributed by atoms with Gasteiger partial charge in [0.25, 0.3) is 0 Å². The third kappa shape index (κ3) is 3.50. The Balaban J connectivity index is 1.08. The number of fused-ring (bicyclic) bond motifs is 6. The lowest BCUT2D eigenvalue weighted by Crippen LogP contribution is -2.23. The number of rotatable bonds is 4. The molecule has 0 heterocycles. The molecule has 0 spiro atoms. The van der Waals surface area contributed by atoms with Gasteiger partial charge in [0, 0.05) is 10.8 Å².